The summed E-state index contributed by atoms with van der Waals surface area (Å²) < 4.78 is 0. The lowest BCUT2D eigenvalue weighted by molar-refractivity contribution is 0.207. The third-order valence-corrected chi connectivity index (χ3v) is 4.07. The zero-order valence-electron chi connectivity index (χ0n) is 12.7. The Labute approximate surface area is 130 Å². The number of carbonyl (C=O) groups is 1. The average molecular weight is 299 g/mol. The standard InChI is InChI=1S/C16H21N5O/c1-20(14-6-3-2-4-7-14)12-15-8-5-9-21(15)16(22)19-13-10-17-18-11-13/h2-4,6-7,10-11,15H,5,8-9,12H2,1H3,(H,17,18)(H,19,22). The fraction of sp³-hybridized carbons (Fsp3) is 0.375. The Morgan fingerprint density at radius 1 is 1.45 bits per heavy atom. The molecule has 3 rings (SSSR count). The molecule has 0 saturated carbocycles. The zero-order chi connectivity index (χ0) is 15.4. The molecule has 1 aliphatic rings. The fourth-order valence-electron chi connectivity index (χ4n) is 2.91. The molecular formula is C16H21N5O. The minimum atomic E-state index is -0.0506. The molecule has 0 spiro atoms. The molecule has 6 heteroatoms. The largest absolute Gasteiger partial charge is 0.373 e. The van der Waals surface area contributed by atoms with Crippen molar-refractivity contribution in [2.45, 2.75) is 18.9 Å². The van der Waals surface area contributed by atoms with Gasteiger partial charge in [0.15, 0.2) is 0 Å². The first-order chi connectivity index (χ1) is 10.7. The van der Waals surface area contributed by atoms with Crippen LogP contribution < -0.4 is 10.2 Å². The van der Waals surface area contributed by atoms with Crippen LogP contribution in [0.2, 0.25) is 0 Å². The molecule has 22 heavy (non-hydrogen) atoms. The Hall–Kier alpha value is -2.50. The molecule has 1 aliphatic heterocycles. The normalized spacial score (nSPS) is 17.5. The highest BCUT2D eigenvalue weighted by molar-refractivity contribution is 5.89. The van der Waals surface area contributed by atoms with E-state index in [1.165, 1.54) is 5.69 Å². The number of amides is 2. The number of hydrogen-bond acceptors (Lipinski definition) is 3. The number of urea groups is 1. The van der Waals surface area contributed by atoms with Crippen LogP contribution in [0.1, 0.15) is 12.8 Å². The number of aromatic nitrogens is 2. The van der Waals surface area contributed by atoms with Gasteiger partial charge >= 0.3 is 6.03 Å². The van der Waals surface area contributed by atoms with Crippen molar-refractivity contribution in [3.63, 3.8) is 0 Å². The predicted octanol–water partition coefficient (Wildman–Crippen LogP) is 2.54. The third-order valence-electron chi connectivity index (χ3n) is 4.07. The topological polar surface area (TPSA) is 64.3 Å². The molecule has 2 amide bonds. The lowest BCUT2D eigenvalue weighted by Crippen LogP contribution is -2.44. The highest BCUT2D eigenvalue weighted by atomic mass is 16.2. The number of H-pyrrole nitrogens is 1. The van der Waals surface area contributed by atoms with E-state index in [0.29, 0.717) is 5.69 Å². The quantitative estimate of drug-likeness (QED) is 0.912. The van der Waals surface area contributed by atoms with E-state index < -0.39 is 0 Å². The minimum absolute atomic E-state index is 0.0506. The summed E-state index contributed by atoms with van der Waals surface area (Å²) in [5.74, 6) is 0. The van der Waals surface area contributed by atoms with Crippen LogP contribution in [0.5, 0.6) is 0 Å². The van der Waals surface area contributed by atoms with Crippen LogP contribution in [0.15, 0.2) is 42.7 Å². The molecule has 2 N–H and O–H groups in total. The molecule has 1 fully saturated rings. The van der Waals surface area contributed by atoms with E-state index in [2.05, 4.69) is 39.6 Å². The molecule has 2 heterocycles. The van der Waals surface area contributed by atoms with Gasteiger partial charge in [0.25, 0.3) is 0 Å². The smallest absolute Gasteiger partial charge is 0.322 e. The second kappa shape index (κ2) is 6.51. The zero-order valence-corrected chi connectivity index (χ0v) is 12.7. The summed E-state index contributed by atoms with van der Waals surface area (Å²) in [5.41, 5.74) is 1.87. The summed E-state index contributed by atoms with van der Waals surface area (Å²) in [7, 11) is 2.07. The summed E-state index contributed by atoms with van der Waals surface area (Å²) in [6.45, 7) is 1.64. The van der Waals surface area contributed by atoms with Crippen molar-refractivity contribution in [2.75, 3.05) is 30.4 Å². The van der Waals surface area contributed by atoms with Crippen molar-refractivity contribution in [3.05, 3.63) is 42.7 Å². The van der Waals surface area contributed by atoms with E-state index in [1.54, 1.807) is 12.4 Å². The first-order valence-electron chi connectivity index (χ1n) is 7.56. The number of hydrogen-bond donors (Lipinski definition) is 2. The van der Waals surface area contributed by atoms with Gasteiger partial charge in [0.1, 0.15) is 0 Å². The Kier molecular flexibility index (Phi) is 4.27. The number of likely N-dealkylation sites (N-methyl/N-ethyl adjacent to an activating group) is 1. The van der Waals surface area contributed by atoms with E-state index >= 15 is 0 Å². The predicted molar refractivity (Wildman–Crippen MR) is 87.0 cm³/mol. The number of para-hydroxylation sites is 1. The fourth-order valence-corrected chi connectivity index (χ4v) is 2.91. The van der Waals surface area contributed by atoms with Gasteiger partial charge in [-0.15, -0.1) is 0 Å². The molecule has 2 aromatic rings. The van der Waals surface area contributed by atoms with E-state index in [1.807, 2.05) is 23.1 Å². The second-order valence-electron chi connectivity index (χ2n) is 5.62. The van der Waals surface area contributed by atoms with Crippen LogP contribution in [0.3, 0.4) is 0 Å². The molecule has 1 aromatic heterocycles. The maximum absolute atomic E-state index is 12.4. The average Bonchev–Trinajstić information content (AvgIpc) is 3.19. The van der Waals surface area contributed by atoms with Gasteiger partial charge in [0.05, 0.1) is 17.9 Å². The van der Waals surface area contributed by atoms with E-state index in [4.69, 9.17) is 0 Å². The number of rotatable bonds is 4. The summed E-state index contributed by atoms with van der Waals surface area (Å²) in [4.78, 5) is 16.5. The number of benzene rings is 1. The van der Waals surface area contributed by atoms with Crippen molar-refractivity contribution in [3.8, 4) is 0 Å². The number of likely N-dealkylation sites (tertiary alicyclic amines) is 1. The van der Waals surface area contributed by atoms with Gasteiger partial charge in [-0.1, -0.05) is 18.2 Å². The van der Waals surface area contributed by atoms with Crippen LogP contribution in [0, 0.1) is 0 Å². The van der Waals surface area contributed by atoms with Gasteiger partial charge in [-0.3, -0.25) is 5.10 Å². The van der Waals surface area contributed by atoms with Crippen molar-refractivity contribution < 1.29 is 4.79 Å². The third kappa shape index (κ3) is 3.21. The van der Waals surface area contributed by atoms with Crippen LogP contribution in [-0.4, -0.2) is 47.3 Å². The highest BCUT2D eigenvalue weighted by Gasteiger charge is 2.29. The van der Waals surface area contributed by atoms with Crippen LogP contribution >= 0.6 is 0 Å². The van der Waals surface area contributed by atoms with E-state index in [9.17, 15) is 4.79 Å². The molecular weight excluding hydrogens is 278 g/mol. The van der Waals surface area contributed by atoms with Crippen molar-refractivity contribution in [1.29, 1.82) is 0 Å². The Morgan fingerprint density at radius 3 is 3.00 bits per heavy atom. The van der Waals surface area contributed by atoms with E-state index in [0.717, 1.165) is 25.9 Å². The molecule has 1 aromatic carbocycles. The summed E-state index contributed by atoms with van der Waals surface area (Å²) >= 11 is 0. The first kappa shape index (κ1) is 14.4. The molecule has 0 bridgehead atoms. The second-order valence-corrected chi connectivity index (χ2v) is 5.62. The SMILES string of the molecule is CN(CC1CCCN1C(=O)Nc1cn[nH]c1)c1ccccc1. The Bertz CT molecular complexity index is 598. The summed E-state index contributed by atoms with van der Waals surface area (Å²) in [5, 5.41) is 9.42. The minimum Gasteiger partial charge on any atom is -0.373 e. The van der Waals surface area contributed by atoms with Gasteiger partial charge in [0, 0.05) is 32.0 Å². The number of anilines is 2. The van der Waals surface area contributed by atoms with Gasteiger partial charge in [0.2, 0.25) is 0 Å². The van der Waals surface area contributed by atoms with E-state index in [-0.39, 0.29) is 12.1 Å². The highest BCUT2D eigenvalue weighted by Crippen LogP contribution is 2.21. The first-order valence-corrected chi connectivity index (χ1v) is 7.56. The summed E-state index contributed by atoms with van der Waals surface area (Å²) in [6.07, 6.45) is 5.38. The molecule has 0 aliphatic carbocycles. The Morgan fingerprint density at radius 2 is 2.27 bits per heavy atom. The molecule has 1 atom stereocenters. The molecule has 1 unspecified atom stereocenters. The van der Waals surface area contributed by atoms with Gasteiger partial charge < -0.3 is 15.1 Å². The van der Waals surface area contributed by atoms with Crippen LogP contribution in [0.25, 0.3) is 0 Å². The molecule has 1 saturated heterocycles. The lowest BCUT2D eigenvalue weighted by atomic mass is 10.2. The van der Waals surface area contributed by atoms with Crippen LogP contribution in [-0.2, 0) is 0 Å². The number of nitrogens with one attached hydrogen (secondary N) is 2. The Balaban J connectivity index is 1.62. The van der Waals surface area contributed by atoms with Crippen molar-refractivity contribution >= 4 is 17.4 Å². The summed E-state index contributed by atoms with van der Waals surface area (Å²) in [6, 6.07) is 10.4. The van der Waals surface area contributed by atoms with Crippen LogP contribution in [0.4, 0.5) is 16.2 Å². The molecule has 6 nitrogen and oxygen atoms in total. The molecule has 0 radical (unpaired) electrons. The maximum Gasteiger partial charge on any atom is 0.322 e. The van der Waals surface area contributed by atoms with Crippen molar-refractivity contribution in [2.24, 2.45) is 0 Å². The molecule has 116 valence electrons. The van der Waals surface area contributed by atoms with Gasteiger partial charge in [-0.05, 0) is 25.0 Å². The monoisotopic (exact) mass is 299 g/mol. The number of carbonyl (C=O) groups excluding carboxylic acids is 1. The van der Waals surface area contributed by atoms with Gasteiger partial charge in [-0.25, -0.2) is 4.79 Å². The maximum atomic E-state index is 12.4. The van der Waals surface area contributed by atoms with Gasteiger partial charge in [-0.2, -0.15) is 5.10 Å². The van der Waals surface area contributed by atoms with Crippen molar-refractivity contribution in [1.82, 2.24) is 15.1 Å². The number of aromatic amines is 1. The lowest BCUT2D eigenvalue weighted by Gasteiger charge is -2.29. The number of nitrogens with zero attached hydrogens (tertiary/aromatic N) is 3.